The molecule has 3 nitrogen and oxygen atoms in total. The monoisotopic (exact) mass is 379 g/mol. The summed E-state index contributed by atoms with van der Waals surface area (Å²) in [5.41, 5.74) is 5.98. The molecule has 0 fully saturated rings. The van der Waals surface area contributed by atoms with E-state index in [9.17, 15) is 5.11 Å². The highest BCUT2D eigenvalue weighted by atomic mass is 32.1. The van der Waals surface area contributed by atoms with Gasteiger partial charge in [0.15, 0.2) is 0 Å². The number of aromatic hydroxyl groups is 1. The van der Waals surface area contributed by atoms with Gasteiger partial charge in [-0.1, -0.05) is 31.2 Å². The first-order valence-electron chi connectivity index (χ1n) is 9.16. The molecule has 2 N–H and O–H groups in total. The Morgan fingerprint density at radius 2 is 1.63 bits per heavy atom. The third kappa shape index (κ3) is 4.79. The molecule has 1 heterocycles. The quantitative estimate of drug-likeness (QED) is 0.513. The van der Waals surface area contributed by atoms with E-state index in [0.29, 0.717) is 6.61 Å². The summed E-state index contributed by atoms with van der Waals surface area (Å²) in [6, 6.07) is 17.9. The summed E-state index contributed by atoms with van der Waals surface area (Å²) in [6.07, 6.45) is 0.924. The van der Waals surface area contributed by atoms with Crippen LogP contribution in [0.3, 0.4) is 0 Å². The minimum absolute atomic E-state index is 0.278. The molecule has 0 atom stereocenters. The zero-order chi connectivity index (χ0) is 19.1. The molecule has 1 aromatic heterocycles. The van der Waals surface area contributed by atoms with Gasteiger partial charge in [-0.15, -0.1) is 0 Å². The molecule has 2 aromatic carbocycles. The van der Waals surface area contributed by atoms with E-state index >= 15 is 0 Å². The lowest BCUT2D eigenvalue weighted by Gasteiger charge is -2.16. The van der Waals surface area contributed by atoms with Crippen LogP contribution < -0.4 is 10.1 Å². The lowest BCUT2D eigenvalue weighted by atomic mass is 9.89. The molecule has 0 unspecified atom stereocenters. The van der Waals surface area contributed by atoms with E-state index in [1.165, 1.54) is 16.7 Å². The van der Waals surface area contributed by atoms with E-state index in [-0.39, 0.29) is 5.75 Å². The van der Waals surface area contributed by atoms with Gasteiger partial charge in [0.1, 0.15) is 18.1 Å². The Labute approximate surface area is 165 Å². The number of hydrogen-bond donors (Lipinski definition) is 2. The van der Waals surface area contributed by atoms with Gasteiger partial charge in [-0.2, -0.15) is 11.3 Å². The van der Waals surface area contributed by atoms with Crippen LogP contribution in [-0.4, -0.2) is 25.3 Å². The Bertz CT molecular complexity index is 866. The normalized spacial score (nSPS) is 11.9. The smallest absolute Gasteiger partial charge is 0.119 e. The van der Waals surface area contributed by atoms with E-state index in [4.69, 9.17) is 4.74 Å². The SMILES string of the molecule is CC/C(=C(/c1ccc(O)cc1)c1ccc(OCCNC)cc1)c1ccsc1. The van der Waals surface area contributed by atoms with Gasteiger partial charge in [-0.25, -0.2) is 0 Å². The van der Waals surface area contributed by atoms with Gasteiger partial charge >= 0.3 is 0 Å². The van der Waals surface area contributed by atoms with Gasteiger partial charge in [0.25, 0.3) is 0 Å². The number of allylic oxidation sites excluding steroid dienone is 1. The maximum atomic E-state index is 9.69. The van der Waals surface area contributed by atoms with Crippen LogP contribution in [0.15, 0.2) is 65.4 Å². The lowest BCUT2D eigenvalue weighted by molar-refractivity contribution is 0.318. The molecule has 4 heteroatoms. The Balaban J connectivity index is 2.03. The molecule has 3 rings (SSSR count). The number of rotatable bonds is 8. The largest absolute Gasteiger partial charge is 0.508 e. The molecular weight excluding hydrogens is 354 g/mol. The predicted molar refractivity (Wildman–Crippen MR) is 114 cm³/mol. The highest BCUT2D eigenvalue weighted by Gasteiger charge is 2.13. The molecule has 0 bridgehead atoms. The van der Waals surface area contributed by atoms with Crippen molar-refractivity contribution in [3.8, 4) is 11.5 Å². The molecule has 0 aliphatic heterocycles. The first kappa shape index (κ1) is 19.2. The van der Waals surface area contributed by atoms with Crippen molar-refractivity contribution in [2.45, 2.75) is 13.3 Å². The van der Waals surface area contributed by atoms with Crippen molar-refractivity contribution in [1.82, 2.24) is 5.32 Å². The molecular formula is C23H25NO2S. The van der Waals surface area contributed by atoms with E-state index < -0.39 is 0 Å². The molecule has 0 saturated heterocycles. The third-order valence-corrected chi connectivity index (χ3v) is 5.13. The average Bonchev–Trinajstić information content (AvgIpc) is 3.22. The maximum absolute atomic E-state index is 9.69. The fourth-order valence-corrected chi connectivity index (χ4v) is 3.76. The summed E-state index contributed by atoms with van der Waals surface area (Å²) >= 11 is 1.71. The van der Waals surface area contributed by atoms with Crippen molar-refractivity contribution in [3.63, 3.8) is 0 Å². The van der Waals surface area contributed by atoms with Crippen LogP contribution in [-0.2, 0) is 0 Å². The molecule has 0 spiro atoms. The molecule has 140 valence electrons. The van der Waals surface area contributed by atoms with Gasteiger partial charge in [-0.3, -0.25) is 0 Å². The zero-order valence-corrected chi connectivity index (χ0v) is 16.6. The van der Waals surface area contributed by atoms with Crippen molar-refractivity contribution in [1.29, 1.82) is 0 Å². The molecule has 0 aliphatic carbocycles. The van der Waals surface area contributed by atoms with Crippen LogP contribution in [0, 0.1) is 0 Å². The Hall–Kier alpha value is -2.56. The second kappa shape index (κ2) is 9.40. The highest BCUT2D eigenvalue weighted by molar-refractivity contribution is 7.08. The van der Waals surface area contributed by atoms with Crippen LogP contribution in [0.4, 0.5) is 0 Å². The number of likely N-dealkylation sites (N-methyl/N-ethyl adjacent to an activating group) is 1. The summed E-state index contributed by atoms with van der Waals surface area (Å²) in [6.45, 7) is 3.65. The first-order chi connectivity index (χ1) is 13.2. The van der Waals surface area contributed by atoms with E-state index in [2.05, 4.69) is 41.2 Å². The highest BCUT2D eigenvalue weighted by Crippen LogP contribution is 2.36. The van der Waals surface area contributed by atoms with Gasteiger partial charge in [0, 0.05) is 6.54 Å². The van der Waals surface area contributed by atoms with E-state index in [1.54, 1.807) is 23.5 Å². The average molecular weight is 380 g/mol. The fourth-order valence-electron chi connectivity index (χ4n) is 3.09. The van der Waals surface area contributed by atoms with Crippen LogP contribution in [0.5, 0.6) is 11.5 Å². The zero-order valence-electron chi connectivity index (χ0n) is 15.7. The second-order valence-corrected chi connectivity index (χ2v) is 7.02. The summed E-state index contributed by atoms with van der Waals surface area (Å²) in [4.78, 5) is 0. The number of phenols is 1. The van der Waals surface area contributed by atoms with E-state index in [1.807, 2.05) is 31.3 Å². The summed E-state index contributed by atoms with van der Waals surface area (Å²) in [5.74, 6) is 1.15. The Morgan fingerprint density at radius 3 is 2.19 bits per heavy atom. The number of phenolic OH excluding ortho intramolecular Hbond substituents is 1. The predicted octanol–water partition coefficient (Wildman–Crippen LogP) is 5.42. The van der Waals surface area contributed by atoms with Gasteiger partial charge in [-0.05, 0) is 82.4 Å². The molecule has 0 saturated carbocycles. The molecule has 27 heavy (non-hydrogen) atoms. The van der Waals surface area contributed by atoms with E-state index in [0.717, 1.165) is 29.8 Å². The van der Waals surface area contributed by atoms with Gasteiger partial charge in [0.2, 0.25) is 0 Å². The number of nitrogens with one attached hydrogen (secondary N) is 1. The number of hydrogen-bond acceptors (Lipinski definition) is 4. The summed E-state index contributed by atoms with van der Waals surface area (Å²) < 4.78 is 5.75. The fraction of sp³-hybridized carbons (Fsp3) is 0.217. The summed E-state index contributed by atoms with van der Waals surface area (Å²) in [7, 11) is 1.91. The Morgan fingerprint density at radius 1 is 0.963 bits per heavy atom. The van der Waals surface area contributed by atoms with Crippen molar-refractivity contribution in [2.24, 2.45) is 0 Å². The standard InChI is InChI=1S/C23H25NO2S/c1-3-22(19-12-15-27-16-19)23(17-4-8-20(25)9-5-17)18-6-10-21(11-7-18)26-14-13-24-2/h4-12,15-16,24-25H,3,13-14H2,1-2H3/b23-22+. The minimum Gasteiger partial charge on any atom is -0.508 e. The minimum atomic E-state index is 0.278. The maximum Gasteiger partial charge on any atom is 0.119 e. The molecule has 0 aliphatic rings. The lowest BCUT2D eigenvalue weighted by Crippen LogP contribution is -2.15. The van der Waals surface area contributed by atoms with Crippen molar-refractivity contribution < 1.29 is 9.84 Å². The summed E-state index contributed by atoms with van der Waals surface area (Å²) in [5, 5.41) is 17.1. The Kier molecular flexibility index (Phi) is 6.69. The van der Waals surface area contributed by atoms with Crippen LogP contribution in [0.2, 0.25) is 0 Å². The molecule has 0 amide bonds. The molecule has 0 radical (unpaired) electrons. The van der Waals surface area contributed by atoms with Crippen molar-refractivity contribution in [2.75, 3.05) is 20.2 Å². The number of thiophene rings is 1. The van der Waals surface area contributed by atoms with Crippen LogP contribution >= 0.6 is 11.3 Å². The first-order valence-corrected chi connectivity index (χ1v) is 10.1. The number of ether oxygens (including phenoxy) is 1. The van der Waals surface area contributed by atoms with Gasteiger partial charge < -0.3 is 15.2 Å². The number of benzene rings is 2. The van der Waals surface area contributed by atoms with Crippen LogP contribution in [0.25, 0.3) is 11.1 Å². The third-order valence-electron chi connectivity index (χ3n) is 4.44. The van der Waals surface area contributed by atoms with Gasteiger partial charge in [0.05, 0.1) is 0 Å². The van der Waals surface area contributed by atoms with Crippen LogP contribution in [0.1, 0.15) is 30.0 Å². The van der Waals surface area contributed by atoms with Crippen molar-refractivity contribution >= 4 is 22.5 Å². The van der Waals surface area contributed by atoms with Crippen molar-refractivity contribution in [3.05, 3.63) is 82.0 Å². The topological polar surface area (TPSA) is 41.5 Å². The second-order valence-electron chi connectivity index (χ2n) is 6.24. The molecule has 3 aromatic rings.